The maximum Gasteiger partial charge on any atom is 0.433 e. The van der Waals surface area contributed by atoms with Crippen molar-refractivity contribution < 1.29 is 13.2 Å². The highest BCUT2D eigenvalue weighted by atomic mass is 19.4. The average molecular weight is 345 g/mol. The van der Waals surface area contributed by atoms with Crippen molar-refractivity contribution in [3.8, 4) is 0 Å². The minimum atomic E-state index is -4.49. The van der Waals surface area contributed by atoms with Crippen molar-refractivity contribution in [3.63, 3.8) is 0 Å². The Hall–Kier alpha value is -2.77. The van der Waals surface area contributed by atoms with Crippen molar-refractivity contribution in [3.05, 3.63) is 53.2 Å². The van der Waals surface area contributed by atoms with E-state index in [2.05, 4.69) is 19.9 Å². The monoisotopic (exact) mass is 345 g/mol. The Balaban J connectivity index is 1.71. The van der Waals surface area contributed by atoms with Crippen LogP contribution >= 0.6 is 0 Å². The standard InChI is InChI=1S/C17H14F3N5/c1-10-22-14(17(18,19)20)8-15(23-10)25-6-4-13-12(9-25)7-11-3-2-5-21-16(11)24-13/h2-3,5,7-8H,4,6,9H2,1H3. The number of aromatic nitrogens is 4. The third kappa shape index (κ3) is 2.99. The van der Waals surface area contributed by atoms with Crippen LogP contribution in [0.5, 0.6) is 0 Å². The average Bonchev–Trinajstić information content (AvgIpc) is 2.58. The van der Waals surface area contributed by atoms with Crippen LogP contribution in [0, 0.1) is 6.92 Å². The summed E-state index contributed by atoms with van der Waals surface area (Å²) in [5, 5.41) is 0.915. The molecule has 0 saturated carbocycles. The summed E-state index contributed by atoms with van der Waals surface area (Å²) < 4.78 is 39.0. The fraction of sp³-hybridized carbons (Fsp3) is 0.294. The van der Waals surface area contributed by atoms with Crippen molar-refractivity contribution in [2.45, 2.75) is 26.1 Å². The molecule has 0 unspecified atom stereocenters. The van der Waals surface area contributed by atoms with E-state index in [0.717, 1.165) is 22.7 Å². The van der Waals surface area contributed by atoms with E-state index < -0.39 is 11.9 Å². The predicted molar refractivity (Wildman–Crippen MR) is 86.1 cm³/mol. The molecule has 25 heavy (non-hydrogen) atoms. The van der Waals surface area contributed by atoms with Gasteiger partial charge in [-0.05, 0) is 30.7 Å². The number of pyridine rings is 2. The van der Waals surface area contributed by atoms with E-state index in [1.54, 1.807) is 6.20 Å². The summed E-state index contributed by atoms with van der Waals surface area (Å²) in [6.45, 7) is 2.48. The molecule has 0 aromatic carbocycles. The molecule has 0 fully saturated rings. The summed E-state index contributed by atoms with van der Waals surface area (Å²) in [7, 11) is 0. The van der Waals surface area contributed by atoms with Crippen molar-refractivity contribution in [2.75, 3.05) is 11.4 Å². The molecule has 4 heterocycles. The second kappa shape index (κ2) is 5.65. The first-order valence-electron chi connectivity index (χ1n) is 7.81. The van der Waals surface area contributed by atoms with Crippen LogP contribution in [0.25, 0.3) is 11.0 Å². The zero-order chi connectivity index (χ0) is 17.6. The molecule has 128 valence electrons. The number of alkyl halides is 3. The van der Waals surface area contributed by atoms with Gasteiger partial charge in [-0.25, -0.2) is 19.9 Å². The molecular formula is C17H14F3N5. The summed E-state index contributed by atoms with van der Waals surface area (Å²) in [5.41, 5.74) is 1.69. The van der Waals surface area contributed by atoms with Gasteiger partial charge in [-0.2, -0.15) is 13.2 Å². The Bertz CT molecular complexity index is 955. The van der Waals surface area contributed by atoms with Crippen LogP contribution in [-0.2, 0) is 19.1 Å². The summed E-state index contributed by atoms with van der Waals surface area (Å²) in [5.74, 6) is 0.396. The lowest BCUT2D eigenvalue weighted by Crippen LogP contribution is -2.32. The lowest BCUT2D eigenvalue weighted by Gasteiger charge is -2.29. The summed E-state index contributed by atoms with van der Waals surface area (Å²) >= 11 is 0. The molecular weight excluding hydrogens is 331 g/mol. The minimum absolute atomic E-state index is 0.108. The van der Waals surface area contributed by atoms with Crippen LogP contribution in [0.4, 0.5) is 19.0 Å². The molecule has 0 amide bonds. The van der Waals surface area contributed by atoms with Gasteiger partial charge < -0.3 is 4.90 Å². The highest BCUT2D eigenvalue weighted by molar-refractivity contribution is 5.75. The number of rotatable bonds is 1. The first kappa shape index (κ1) is 15.7. The highest BCUT2D eigenvalue weighted by Gasteiger charge is 2.34. The summed E-state index contributed by atoms with van der Waals surface area (Å²) in [6.07, 6.45) is -2.16. The Kier molecular flexibility index (Phi) is 3.55. The number of halogens is 3. The van der Waals surface area contributed by atoms with Crippen molar-refractivity contribution >= 4 is 16.9 Å². The SMILES string of the molecule is Cc1nc(N2CCc3nc4ncccc4cc3C2)cc(C(F)(F)F)n1. The molecule has 0 radical (unpaired) electrons. The molecule has 0 atom stereocenters. The van der Waals surface area contributed by atoms with Crippen LogP contribution in [0.2, 0.25) is 0 Å². The van der Waals surface area contributed by atoms with E-state index in [4.69, 9.17) is 0 Å². The second-order valence-corrected chi connectivity index (χ2v) is 5.97. The Morgan fingerprint density at radius 2 is 1.96 bits per heavy atom. The fourth-order valence-electron chi connectivity index (χ4n) is 3.02. The zero-order valence-electron chi connectivity index (χ0n) is 13.4. The van der Waals surface area contributed by atoms with Gasteiger partial charge in [-0.3, -0.25) is 0 Å². The van der Waals surface area contributed by atoms with Crippen LogP contribution in [-0.4, -0.2) is 26.5 Å². The van der Waals surface area contributed by atoms with E-state index in [-0.39, 0.29) is 11.6 Å². The van der Waals surface area contributed by atoms with Crippen LogP contribution in [0.3, 0.4) is 0 Å². The molecule has 1 aliphatic rings. The third-order valence-corrected chi connectivity index (χ3v) is 4.18. The van der Waals surface area contributed by atoms with E-state index in [1.807, 2.05) is 23.1 Å². The molecule has 0 aliphatic carbocycles. The Morgan fingerprint density at radius 3 is 2.76 bits per heavy atom. The molecule has 0 spiro atoms. The zero-order valence-corrected chi connectivity index (χ0v) is 13.4. The topological polar surface area (TPSA) is 54.8 Å². The molecule has 4 rings (SSSR count). The molecule has 0 N–H and O–H groups in total. The lowest BCUT2D eigenvalue weighted by molar-refractivity contribution is -0.141. The normalized spacial score (nSPS) is 14.6. The van der Waals surface area contributed by atoms with Gasteiger partial charge in [0, 0.05) is 42.9 Å². The highest BCUT2D eigenvalue weighted by Crippen LogP contribution is 2.31. The maximum absolute atomic E-state index is 13.0. The number of fused-ring (bicyclic) bond motifs is 2. The minimum Gasteiger partial charge on any atom is -0.352 e. The fourth-order valence-corrected chi connectivity index (χ4v) is 3.02. The molecule has 0 saturated heterocycles. The molecule has 5 nitrogen and oxygen atoms in total. The summed E-state index contributed by atoms with van der Waals surface area (Å²) in [4.78, 5) is 18.3. The lowest BCUT2D eigenvalue weighted by atomic mass is 10.0. The van der Waals surface area contributed by atoms with E-state index in [9.17, 15) is 13.2 Å². The largest absolute Gasteiger partial charge is 0.433 e. The predicted octanol–water partition coefficient (Wildman–Crippen LogP) is 3.31. The molecule has 0 bridgehead atoms. The van der Waals surface area contributed by atoms with Gasteiger partial charge in [0.1, 0.15) is 17.3 Å². The van der Waals surface area contributed by atoms with E-state index in [1.165, 1.54) is 6.92 Å². The third-order valence-electron chi connectivity index (χ3n) is 4.18. The summed E-state index contributed by atoms with van der Waals surface area (Å²) in [6, 6.07) is 6.76. The molecule has 3 aromatic rings. The van der Waals surface area contributed by atoms with Crippen molar-refractivity contribution in [1.29, 1.82) is 0 Å². The number of anilines is 1. The van der Waals surface area contributed by atoms with Gasteiger partial charge in [0.2, 0.25) is 0 Å². The first-order chi connectivity index (χ1) is 11.9. The number of nitrogens with zero attached hydrogens (tertiary/aromatic N) is 5. The van der Waals surface area contributed by atoms with Gasteiger partial charge in [0.05, 0.1) is 0 Å². The van der Waals surface area contributed by atoms with Gasteiger partial charge in [-0.15, -0.1) is 0 Å². The molecule has 1 aliphatic heterocycles. The smallest absolute Gasteiger partial charge is 0.352 e. The number of hydrogen-bond acceptors (Lipinski definition) is 5. The Labute approximate surface area is 141 Å². The number of aryl methyl sites for hydroxylation is 1. The van der Waals surface area contributed by atoms with Crippen LogP contribution in [0.15, 0.2) is 30.5 Å². The number of hydrogen-bond donors (Lipinski definition) is 0. The van der Waals surface area contributed by atoms with Crippen LogP contribution in [0.1, 0.15) is 22.8 Å². The van der Waals surface area contributed by atoms with Crippen molar-refractivity contribution in [2.24, 2.45) is 0 Å². The molecule has 3 aromatic heterocycles. The van der Waals surface area contributed by atoms with Gasteiger partial charge in [0.25, 0.3) is 0 Å². The molecule has 8 heteroatoms. The van der Waals surface area contributed by atoms with Gasteiger partial charge in [-0.1, -0.05) is 0 Å². The van der Waals surface area contributed by atoms with Crippen molar-refractivity contribution in [1.82, 2.24) is 19.9 Å². The van der Waals surface area contributed by atoms with Gasteiger partial charge >= 0.3 is 6.18 Å². The maximum atomic E-state index is 13.0. The first-order valence-corrected chi connectivity index (χ1v) is 7.81. The Morgan fingerprint density at radius 1 is 1.12 bits per heavy atom. The van der Waals surface area contributed by atoms with E-state index >= 15 is 0 Å². The van der Waals surface area contributed by atoms with E-state index in [0.29, 0.717) is 25.2 Å². The quantitative estimate of drug-likeness (QED) is 0.677. The van der Waals surface area contributed by atoms with Crippen LogP contribution < -0.4 is 4.90 Å². The second-order valence-electron chi connectivity index (χ2n) is 5.97. The van der Waals surface area contributed by atoms with Gasteiger partial charge in [0.15, 0.2) is 5.65 Å².